The second kappa shape index (κ2) is 23.8. The summed E-state index contributed by atoms with van der Waals surface area (Å²) in [5, 5.41) is 0. The fourth-order valence-corrected chi connectivity index (χ4v) is 7.34. The summed E-state index contributed by atoms with van der Waals surface area (Å²) in [6.07, 6.45) is 4.32. The molecular formula is C39H51ClN10O12P2. The SMILES string of the molecule is CC(=O)OCOP(=O)(COC(C)Cn1cnc2c(N)ncnc21)Oc1ccccc1.CC(C)(C)C(=O)OCCl.CC(Cn1cnc2c(N)ncnc21)OCP(=O)(O)Oc1ccccc1. The van der Waals surface area contributed by atoms with Crippen LogP contribution in [0.1, 0.15) is 41.5 Å². The number of carbonyl (C=O) groups is 2. The molecule has 0 aliphatic rings. The molecule has 0 radical (unpaired) electrons. The van der Waals surface area contributed by atoms with Crippen LogP contribution < -0.4 is 20.5 Å². The maximum absolute atomic E-state index is 13.1. The smallest absolute Gasteiger partial charge is 0.407 e. The lowest BCUT2D eigenvalue weighted by Gasteiger charge is -2.21. The number of aromatic nitrogens is 8. The Kier molecular flexibility index (Phi) is 18.9. The molecule has 0 saturated carbocycles. The summed E-state index contributed by atoms with van der Waals surface area (Å²) in [6.45, 7) is 10.4. The number of fused-ring (bicyclic) bond motifs is 2. The highest BCUT2D eigenvalue weighted by Crippen LogP contribution is 2.48. The molecule has 0 aliphatic carbocycles. The molecule has 0 spiro atoms. The Bertz CT molecular complexity index is 2510. The highest BCUT2D eigenvalue weighted by molar-refractivity contribution is 7.54. The first kappa shape index (κ1) is 50.9. The number of rotatable bonds is 18. The van der Waals surface area contributed by atoms with Crippen molar-refractivity contribution in [2.45, 2.75) is 66.8 Å². The summed E-state index contributed by atoms with van der Waals surface area (Å²) in [5.41, 5.74) is 13.2. The van der Waals surface area contributed by atoms with Gasteiger partial charge in [0, 0.05) is 6.92 Å². The molecule has 2 aromatic carbocycles. The maximum Gasteiger partial charge on any atom is 0.407 e. The molecule has 22 nitrogen and oxygen atoms in total. The molecule has 64 heavy (non-hydrogen) atoms. The number of nitrogens with two attached hydrogens (primary N) is 2. The number of carbonyl (C=O) groups excluding carboxylic acids is 2. The van der Waals surface area contributed by atoms with E-state index in [1.807, 2.05) is 0 Å². The van der Waals surface area contributed by atoms with Gasteiger partial charge in [-0.3, -0.25) is 14.1 Å². The Labute approximate surface area is 373 Å². The molecule has 346 valence electrons. The number of imidazole rings is 2. The van der Waals surface area contributed by atoms with E-state index in [0.717, 1.165) is 0 Å². The van der Waals surface area contributed by atoms with Crippen LogP contribution in [-0.4, -0.2) is 93.6 Å². The van der Waals surface area contributed by atoms with Gasteiger partial charge in [-0.05, 0) is 58.9 Å². The van der Waals surface area contributed by atoms with Crippen molar-refractivity contribution < 1.29 is 56.1 Å². The molecule has 4 unspecified atom stereocenters. The van der Waals surface area contributed by atoms with Gasteiger partial charge >= 0.3 is 27.1 Å². The molecule has 0 bridgehead atoms. The molecule has 6 aromatic rings. The molecule has 4 atom stereocenters. The van der Waals surface area contributed by atoms with Crippen LogP contribution in [0.5, 0.6) is 11.5 Å². The Hall–Kier alpha value is -5.73. The number of nitrogen functional groups attached to an aromatic ring is 2. The second-order valence-corrected chi connectivity index (χ2v) is 18.5. The second-order valence-electron chi connectivity index (χ2n) is 14.6. The van der Waals surface area contributed by atoms with E-state index in [1.165, 1.54) is 19.6 Å². The van der Waals surface area contributed by atoms with Crippen LogP contribution in [0, 0.1) is 5.41 Å². The van der Waals surface area contributed by atoms with Gasteiger partial charge in [0.1, 0.15) is 35.2 Å². The van der Waals surface area contributed by atoms with Crippen molar-refractivity contribution in [2.24, 2.45) is 5.41 Å². The molecule has 5 N–H and O–H groups in total. The summed E-state index contributed by atoms with van der Waals surface area (Å²) in [4.78, 5) is 56.1. The monoisotopic (exact) mass is 948 g/mol. The number of nitrogens with zero attached hydrogens (tertiary/aromatic N) is 8. The van der Waals surface area contributed by atoms with Crippen LogP contribution in [0.15, 0.2) is 86.0 Å². The molecule has 0 fully saturated rings. The number of para-hydroxylation sites is 2. The number of hydrogen-bond acceptors (Lipinski definition) is 19. The van der Waals surface area contributed by atoms with Crippen LogP contribution in [-0.2, 0) is 55.3 Å². The van der Waals surface area contributed by atoms with Gasteiger partial charge in [0.2, 0.25) is 6.79 Å². The van der Waals surface area contributed by atoms with E-state index >= 15 is 0 Å². The third-order valence-electron chi connectivity index (χ3n) is 8.09. The van der Waals surface area contributed by atoms with E-state index < -0.39 is 45.8 Å². The highest BCUT2D eigenvalue weighted by Gasteiger charge is 2.29. The Morgan fingerprint density at radius 3 is 1.64 bits per heavy atom. The van der Waals surface area contributed by atoms with Gasteiger partial charge in [0.25, 0.3) is 0 Å². The van der Waals surface area contributed by atoms with E-state index in [1.54, 1.807) is 117 Å². The van der Waals surface area contributed by atoms with Crippen molar-refractivity contribution in [3.05, 3.63) is 86.0 Å². The summed E-state index contributed by atoms with van der Waals surface area (Å²) in [6, 6.07) is 16.9. The zero-order valence-corrected chi connectivity index (χ0v) is 38.5. The summed E-state index contributed by atoms with van der Waals surface area (Å²) in [7, 11) is -7.67. The molecule has 6 rings (SSSR count). The van der Waals surface area contributed by atoms with E-state index in [2.05, 4.69) is 34.6 Å². The lowest BCUT2D eigenvalue weighted by Crippen LogP contribution is -2.22. The van der Waals surface area contributed by atoms with Crippen molar-refractivity contribution >= 4 is 72.7 Å². The van der Waals surface area contributed by atoms with Gasteiger partial charge in [-0.15, -0.1) is 0 Å². The molecule has 0 aliphatic heterocycles. The molecule has 0 amide bonds. The number of halogens is 1. The Balaban J connectivity index is 0.000000238. The number of esters is 2. The zero-order valence-electron chi connectivity index (χ0n) is 35.9. The number of ether oxygens (including phenoxy) is 4. The van der Waals surface area contributed by atoms with Crippen LogP contribution in [0.4, 0.5) is 11.6 Å². The molecule has 4 heterocycles. The lowest BCUT2D eigenvalue weighted by atomic mass is 9.98. The van der Waals surface area contributed by atoms with Crippen molar-refractivity contribution in [1.29, 1.82) is 0 Å². The van der Waals surface area contributed by atoms with Gasteiger partial charge in [-0.2, -0.15) is 0 Å². The standard InChI is InChI=1S/C18H22N5O6P.C15H18N5O4P.C6H11ClO2/c1-13(8-23-10-22-16-17(19)20-9-21-18(16)23)27-12-30(25,28-11-26-14(2)24)29-15-6-4-3-5-7-15;1-11(7-20-9-19-13-14(16)17-8-18-15(13)20)23-10-25(21,22)24-12-5-3-2-4-6-12;1-6(2,3)5(8)9-4-7/h3-7,9-10,13H,8,11-12H2,1-2H3,(H2,19,20,21);2-6,8-9,11H,7,10H2,1H3,(H,21,22)(H2,16,17,18);4H2,1-3H3. The quantitative estimate of drug-likeness (QED) is 0.0364. The van der Waals surface area contributed by atoms with Crippen LogP contribution in [0.25, 0.3) is 22.3 Å². The fourth-order valence-electron chi connectivity index (χ4n) is 5.02. The fraction of sp³-hybridized carbons (Fsp3) is 0.385. The largest absolute Gasteiger partial charge is 0.449 e. The van der Waals surface area contributed by atoms with Gasteiger partial charge in [-0.25, -0.2) is 39.0 Å². The van der Waals surface area contributed by atoms with E-state index in [4.69, 9.17) is 50.9 Å². The molecule has 0 saturated heterocycles. The highest BCUT2D eigenvalue weighted by atomic mass is 35.5. The number of hydrogen-bond donors (Lipinski definition) is 3. The topological polar surface area (TPSA) is 292 Å². The Morgan fingerprint density at radius 1 is 0.734 bits per heavy atom. The van der Waals surface area contributed by atoms with Gasteiger partial charge in [-0.1, -0.05) is 48.0 Å². The number of benzene rings is 2. The van der Waals surface area contributed by atoms with Crippen molar-refractivity contribution in [1.82, 2.24) is 39.0 Å². The first-order valence-corrected chi connectivity index (χ1v) is 23.3. The summed E-state index contributed by atoms with van der Waals surface area (Å²) >= 11 is 5.16. The minimum Gasteiger partial charge on any atom is -0.449 e. The van der Waals surface area contributed by atoms with Gasteiger partial charge in [0.05, 0.1) is 43.4 Å². The lowest BCUT2D eigenvalue weighted by molar-refractivity contribution is -0.151. The average Bonchev–Trinajstić information content (AvgIpc) is 3.85. The van der Waals surface area contributed by atoms with Gasteiger partial charge < -0.3 is 53.5 Å². The average molecular weight is 949 g/mol. The van der Waals surface area contributed by atoms with Gasteiger partial charge in [0.15, 0.2) is 41.7 Å². The van der Waals surface area contributed by atoms with Crippen molar-refractivity contribution in [3.8, 4) is 11.5 Å². The maximum atomic E-state index is 13.1. The predicted molar refractivity (Wildman–Crippen MR) is 236 cm³/mol. The molecule has 25 heteroatoms. The Morgan fingerprint density at radius 2 is 1.20 bits per heavy atom. The first-order chi connectivity index (χ1) is 30.3. The summed E-state index contributed by atoms with van der Waals surface area (Å²) < 4.78 is 65.0. The van der Waals surface area contributed by atoms with Crippen LogP contribution >= 0.6 is 26.8 Å². The van der Waals surface area contributed by atoms with Crippen molar-refractivity contribution in [3.63, 3.8) is 0 Å². The van der Waals surface area contributed by atoms with Crippen LogP contribution in [0.3, 0.4) is 0 Å². The summed E-state index contributed by atoms with van der Waals surface area (Å²) in [5.74, 6) is 0.409. The van der Waals surface area contributed by atoms with Crippen molar-refractivity contribution in [2.75, 3.05) is 37.0 Å². The normalized spacial score (nSPS) is 14.1. The van der Waals surface area contributed by atoms with Crippen LogP contribution in [0.2, 0.25) is 0 Å². The predicted octanol–water partition coefficient (Wildman–Crippen LogP) is 6.39. The molecular weight excluding hydrogens is 898 g/mol. The minimum absolute atomic E-state index is 0.0594. The van der Waals surface area contributed by atoms with E-state index in [0.29, 0.717) is 52.7 Å². The molecule has 4 aromatic heterocycles. The van der Waals surface area contributed by atoms with E-state index in [9.17, 15) is 23.6 Å². The first-order valence-electron chi connectivity index (χ1n) is 19.3. The number of alkyl halides is 1. The number of anilines is 2. The minimum atomic E-state index is -3.91. The third-order valence-corrected chi connectivity index (χ3v) is 10.6. The zero-order chi connectivity index (χ0) is 46.9. The van der Waals surface area contributed by atoms with E-state index in [-0.39, 0.29) is 30.3 Å². The third kappa shape index (κ3) is 16.4.